The highest BCUT2D eigenvalue weighted by Gasteiger charge is 2.39. The number of alkyl halides is 1. The first-order valence-electron chi connectivity index (χ1n) is 9.79. The summed E-state index contributed by atoms with van der Waals surface area (Å²) in [5.41, 5.74) is -0.570. The number of esters is 1. The molecule has 0 aliphatic carbocycles. The number of piperidine rings is 1. The van der Waals surface area contributed by atoms with Crippen LogP contribution in [0.2, 0.25) is 0 Å². The molecule has 0 spiro atoms. The molecule has 0 aromatic rings. The summed E-state index contributed by atoms with van der Waals surface area (Å²) >= 11 is 5.57. The number of piperazine rings is 1. The van der Waals surface area contributed by atoms with Gasteiger partial charge in [-0.25, -0.2) is 4.79 Å². The van der Waals surface area contributed by atoms with Crippen molar-refractivity contribution in [2.75, 3.05) is 45.3 Å². The second-order valence-corrected chi connectivity index (χ2v) is 8.93. The van der Waals surface area contributed by atoms with E-state index < -0.39 is 5.60 Å². The van der Waals surface area contributed by atoms with Gasteiger partial charge in [-0.15, -0.1) is 0 Å². The average Bonchev–Trinajstić information content (AvgIpc) is 2.60. The molecule has 2 saturated heterocycles. The average molecular weight is 404 g/mol. The van der Waals surface area contributed by atoms with E-state index >= 15 is 0 Å². The molecule has 2 unspecified atom stereocenters. The Morgan fingerprint density at radius 1 is 1.11 bits per heavy atom. The summed E-state index contributed by atoms with van der Waals surface area (Å²) in [5.74, 6) is -0.720. The molecule has 2 rings (SSSR count). The summed E-state index contributed by atoms with van der Waals surface area (Å²) < 4.78 is 10.5. The Morgan fingerprint density at radius 2 is 1.74 bits per heavy atom. The molecule has 2 atom stereocenters. The van der Waals surface area contributed by atoms with Crippen LogP contribution in [0.4, 0.5) is 4.79 Å². The van der Waals surface area contributed by atoms with E-state index in [0.717, 1.165) is 26.2 Å². The van der Waals surface area contributed by atoms with Gasteiger partial charge in [0.2, 0.25) is 0 Å². The van der Waals surface area contributed by atoms with E-state index in [1.807, 2.05) is 20.8 Å². The molecule has 0 bridgehead atoms. The van der Waals surface area contributed by atoms with Crippen LogP contribution in [0.3, 0.4) is 0 Å². The number of rotatable bonds is 4. The molecule has 7 nitrogen and oxygen atoms in total. The minimum atomic E-state index is -0.570. The van der Waals surface area contributed by atoms with Crippen LogP contribution in [0.1, 0.15) is 41.0 Å². The van der Waals surface area contributed by atoms with Crippen LogP contribution in [0.5, 0.6) is 0 Å². The molecular formula is C19H34ClN3O4. The summed E-state index contributed by atoms with van der Waals surface area (Å²) in [5, 5.41) is 0. The van der Waals surface area contributed by atoms with Gasteiger partial charge in [0.15, 0.2) is 6.07 Å². The van der Waals surface area contributed by atoms with Crippen molar-refractivity contribution < 1.29 is 19.1 Å². The lowest BCUT2D eigenvalue weighted by Gasteiger charge is -2.45. The van der Waals surface area contributed by atoms with E-state index in [-0.39, 0.29) is 30.1 Å². The number of carbonyl (C=O) groups excluding carboxylic acids is 2. The number of amides is 1. The largest absolute Gasteiger partial charge is 0.449 e. The Morgan fingerprint density at radius 3 is 2.26 bits per heavy atom. The first kappa shape index (κ1) is 22.2. The van der Waals surface area contributed by atoms with Crippen LogP contribution >= 0.6 is 11.6 Å². The van der Waals surface area contributed by atoms with Crippen LogP contribution in [0.15, 0.2) is 0 Å². The van der Waals surface area contributed by atoms with Gasteiger partial charge in [0.1, 0.15) is 5.60 Å². The van der Waals surface area contributed by atoms with Gasteiger partial charge in [-0.3, -0.25) is 14.6 Å². The smallest absolute Gasteiger partial charge is 0.410 e. The van der Waals surface area contributed by atoms with Gasteiger partial charge >= 0.3 is 12.1 Å². The van der Waals surface area contributed by atoms with E-state index in [0.29, 0.717) is 25.6 Å². The van der Waals surface area contributed by atoms with Crippen molar-refractivity contribution in [1.29, 1.82) is 0 Å². The van der Waals surface area contributed by atoms with Gasteiger partial charge < -0.3 is 14.4 Å². The summed E-state index contributed by atoms with van der Waals surface area (Å²) in [4.78, 5) is 31.4. The predicted octanol–water partition coefficient (Wildman–Crippen LogP) is 2.38. The van der Waals surface area contributed by atoms with E-state index in [1.165, 1.54) is 0 Å². The first-order chi connectivity index (χ1) is 12.6. The number of carbonyl (C=O) groups is 2. The van der Waals surface area contributed by atoms with Gasteiger partial charge in [-0.2, -0.15) is 0 Å². The minimum Gasteiger partial charge on any atom is -0.449 e. The summed E-state index contributed by atoms with van der Waals surface area (Å²) in [7, 11) is 0. The van der Waals surface area contributed by atoms with Gasteiger partial charge in [-0.05, 0) is 41.0 Å². The predicted molar refractivity (Wildman–Crippen MR) is 105 cm³/mol. The molecule has 0 aromatic heterocycles. The highest BCUT2D eigenvalue weighted by molar-refractivity contribution is 6.17. The van der Waals surface area contributed by atoms with E-state index in [4.69, 9.17) is 21.1 Å². The quantitative estimate of drug-likeness (QED) is 0.530. The Balaban J connectivity index is 2.06. The molecule has 156 valence electrons. The standard InChI is InChI=1S/C19H34ClN3O4/c1-14(2)21-6-8-22(9-7-21)16-10-15(17(24)26-13-20)11-23(12-16)18(25)27-19(3,4)5/h14-16H,6-13H2,1-5H3. The Bertz CT molecular complexity index is 516. The molecule has 27 heavy (non-hydrogen) atoms. The fourth-order valence-corrected chi connectivity index (χ4v) is 3.88. The van der Waals surface area contributed by atoms with Crippen molar-refractivity contribution in [2.45, 2.75) is 58.7 Å². The molecule has 2 heterocycles. The van der Waals surface area contributed by atoms with Crippen molar-refractivity contribution in [3.8, 4) is 0 Å². The number of nitrogens with zero attached hydrogens (tertiary/aromatic N) is 3. The molecule has 2 fully saturated rings. The summed E-state index contributed by atoms with van der Waals surface area (Å²) in [6.07, 6.45) is 0.299. The highest BCUT2D eigenvalue weighted by Crippen LogP contribution is 2.25. The molecule has 1 amide bonds. The Hall–Kier alpha value is -1.05. The number of hydrogen-bond acceptors (Lipinski definition) is 6. The summed E-state index contributed by atoms with van der Waals surface area (Å²) in [6.45, 7) is 14.7. The SMILES string of the molecule is CC(C)N1CCN(C2CC(C(=O)OCCl)CN(C(=O)OC(C)(C)C)C2)CC1. The van der Waals surface area contributed by atoms with Crippen LogP contribution in [0, 0.1) is 5.92 Å². The number of hydrogen-bond donors (Lipinski definition) is 0. The fourth-order valence-electron chi connectivity index (χ4n) is 3.77. The molecule has 0 radical (unpaired) electrons. The van der Waals surface area contributed by atoms with Gasteiger partial charge in [0, 0.05) is 51.4 Å². The van der Waals surface area contributed by atoms with Crippen molar-refractivity contribution in [1.82, 2.24) is 14.7 Å². The molecule has 0 aromatic carbocycles. The number of halogens is 1. The topological polar surface area (TPSA) is 62.3 Å². The molecule has 0 saturated carbocycles. The second-order valence-electron chi connectivity index (χ2n) is 8.71. The maximum Gasteiger partial charge on any atom is 0.410 e. The van der Waals surface area contributed by atoms with Crippen LogP contribution < -0.4 is 0 Å². The maximum absolute atomic E-state index is 12.6. The third kappa shape index (κ3) is 6.50. The molecular weight excluding hydrogens is 370 g/mol. The third-order valence-corrected chi connectivity index (χ3v) is 5.32. The Labute approximate surface area is 167 Å². The molecule has 2 aliphatic rings. The first-order valence-corrected chi connectivity index (χ1v) is 10.3. The van der Waals surface area contributed by atoms with E-state index in [9.17, 15) is 9.59 Å². The van der Waals surface area contributed by atoms with Crippen molar-refractivity contribution in [3.05, 3.63) is 0 Å². The zero-order valence-corrected chi connectivity index (χ0v) is 18.0. The van der Waals surface area contributed by atoms with E-state index in [1.54, 1.807) is 4.90 Å². The van der Waals surface area contributed by atoms with Crippen molar-refractivity contribution >= 4 is 23.7 Å². The minimum absolute atomic E-state index is 0.119. The lowest BCUT2D eigenvalue weighted by molar-refractivity contribution is -0.149. The van der Waals surface area contributed by atoms with Crippen LogP contribution in [-0.2, 0) is 14.3 Å². The third-order valence-electron chi connectivity index (χ3n) is 5.21. The van der Waals surface area contributed by atoms with Gasteiger partial charge in [0.05, 0.1) is 5.92 Å². The van der Waals surface area contributed by atoms with Crippen molar-refractivity contribution in [3.63, 3.8) is 0 Å². The van der Waals surface area contributed by atoms with Gasteiger partial charge in [0.25, 0.3) is 0 Å². The highest BCUT2D eigenvalue weighted by atomic mass is 35.5. The molecule has 8 heteroatoms. The fraction of sp³-hybridized carbons (Fsp3) is 0.895. The lowest BCUT2D eigenvalue weighted by Crippen LogP contribution is -2.59. The normalized spacial score (nSPS) is 25.5. The van der Waals surface area contributed by atoms with Crippen molar-refractivity contribution in [2.24, 2.45) is 5.92 Å². The monoisotopic (exact) mass is 403 g/mol. The second kappa shape index (κ2) is 9.43. The molecule has 0 N–H and O–H groups in total. The maximum atomic E-state index is 12.6. The van der Waals surface area contributed by atoms with Gasteiger partial charge in [-0.1, -0.05) is 11.6 Å². The molecule has 2 aliphatic heterocycles. The number of likely N-dealkylation sites (tertiary alicyclic amines) is 1. The summed E-state index contributed by atoms with van der Waals surface area (Å²) in [6, 6.07) is 0.483. The van der Waals surface area contributed by atoms with Crippen LogP contribution in [-0.4, -0.2) is 89.8 Å². The Kier molecular flexibility index (Phi) is 7.77. The number of ether oxygens (including phenoxy) is 2. The lowest BCUT2D eigenvalue weighted by atomic mass is 9.93. The zero-order chi connectivity index (χ0) is 20.2. The van der Waals surface area contributed by atoms with Crippen LogP contribution in [0.25, 0.3) is 0 Å². The van der Waals surface area contributed by atoms with E-state index in [2.05, 4.69) is 23.6 Å². The zero-order valence-electron chi connectivity index (χ0n) is 17.2.